The Hall–Kier alpha value is -3.32. The zero-order chi connectivity index (χ0) is 22.8. The first-order valence-electron chi connectivity index (χ1n) is 10.6. The molecule has 3 aromatic rings. The normalized spacial score (nSPS) is 13.8. The van der Waals surface area contributed by atoms with Crippen molar-refractivity contribution in [1.29, 1.82) is 5.41 Å². The van der Waals surface area contributed by atoms with Gasteiger partial charge in [-0.3, -0.25) is 5.41 Å². The minimum atomic E-state index is 0.142. The van der Waals surface area contributed by atoms with E-state index in [1.54, 1.807) is 4.90 Å². The third-order valence-corrected chi connectivity index (χ3v) is 6.32. The van der Waals surface area contributed by atoms with Crippen LogP contribution in [0.1, 0.15) is 30.0 Å². The number of rotatable bonds is 7. The van der Waals surface area contributed by atoms with Gasteiger partial charge in [-0.15, -0.1) is 11.3 Å². The number of aryl methyl sites for hydroxylation is 2. The quantitative estimate of drug-likeness (QED) is 0.463. The minimum Gasteiger partial charge on any atom is -0.510 e. The zero-order valence-corrected chi connectivity index (χ0v) is 19.5. The number of aliphatic hydroxyl groups excluding tert-OH is 1. The Morgan fingerprint density at radius 3 is 2.50 bits per heavy atom. The van der Waals surface area contributed by atoms with Crippen molar-refractivity contribution in [3.05, 3.63) is 63.7 Å². The van der Waals surface area contributed by atoms with Crippen molar-refractivity contribution in [2.45, 2.75) is 27.7 Å². The highest BCUT2D eigenvalue weighted by Gasteiger charge is 2.31. The number of nitrogens with zero attached hydrogens (tertiary/aromatic N) is 2. The molecule has 0 radical (unpaired) electrons. The van der Waals surface area contributed by atoms with Gasteiger partial charge < -0.3 is 19.5 Å². The number of anilines is 1. The van der Waals surface area contributed by atoms with Gasteiger partial charge in [0, 0.05) is 22.7 Å². The number of ether oxygens (including phenoxy) is 2. The Morgan fingerprint density at radius 1 is 1.03 bits per heavy atom. The number of amidine groups is 1. The van der Waals surface area contributed by atoms with Crippen LogP contribution in [-0.2, 0) is 0 Å². The molecule has 0 saturated carbocycles. The molecule has 166 valence electrons. The molecule has 32 heavy (non-hydrogen) atoms. The van der Waals surface area contributed by atoms with E-state index < -0.39 is 0 Å². The van der Waals surface area contributed by atoms with Crippen molar-refractivity contribution >= 4 is 28.4 Å². The second-order valence-electron chi connectivity index (χ2n) is 7.59. The molecule has 1 aliphatic rings. The van der Waals surface area contributed by atoms with Crippen molar-refractivity contribution in [2.75, 3.05) is 24.7 Å². The SMILES string of the molecule is CCOc1ccc(N2CC(O)=C(c3nc(-c4ccc(C)c(C)c4)cs3)C2=N)cc1OCC. The topological polar surface area (TPSA) is 78.7 Å². The number of nitrogens with one attached hydrogen (secondary N) is 1. The summed E-state index contributed by atoms with van der Waals surface area (Å²) in [4.78, 5) is 6.49. The Bertz CT molecular complexity index is 1200. The summed E-state index contributed by atoms with van der Waals surface area (Å²) in [6.45, 7) is 9.27. The molecule has 6 nitrogen and oxygen atoms in total. The van der Waals surface area contributed by atoms with E-state index in [-0.39, 0.29) is 18.1 Å². The molecule has 1 aliphatic heterocycles. The molecule has 2 heterocycles. The van der Waals surface area contributed by atoms with Crippen LogP contribution in [-0.4, -0.2) is 35.7 Å². The molecule has 0 bridgehead atoms. The lowest BCUT2D eigenvalue weighted by atomic mass is 10.1. The van der Waals surface area contributed by atoms with Crippen LogP contribution in [0.15, 0.2) is 47.5 Å². The van der Waals surface area contributed by atoms with Crippen LogP contribution in [0.25, 0.3) is 16.8 Å². The fraction of sp³-hybridized carbons (Fsp3) is 0.280. The molecule has 2 aromatic carbocycles. The van der Waals surface area contributed by atoms with Gasteiger partial charge in [0.15, 0.2) is 11.5 Å². The van der Waals surface area contributed by atoms with Gasteiger partial charge in [0.05, 0.1) is 31.0 Å². The van der Waals surface area contributed by atoms with Gasteiger partial charge in [-0.1, -0.05) is 12.1 Å². The molecule has 7 heteroatoms. The number of hydrogen-bond donors (Lipinski definition) is 2. The monoisotopic (exact) mass is 449 g/mol. The highest BCUT2D eigenvalue weighted by atomic mass is 32.1. The van der Waals surface area contributed by atoms with Gasteiger partial charge >= 0.3 is 0 Å². The molecular weight excluding hydrogens is 422 g/mol. The molecule has 0 aliphatic carbocycles. The Kier molecular flexibility index (Phi) is 6.19. The fourth-order valence-corrected chi connectivity index (χ4v) is 4.55. The van der Waals surface area contributed by atoms with Crippen LogP contribution in [0.3, 0.4) is 0 Å². The van der Waals surface area contributed by atoms with Crippen LogP contribution in [0, 0.1) is 19.3 Å². The lowest BCUT2D eigenvalue weighted by molar-refractivity contribution is 0.288. The molecule has 0 unspecified atom stereocenters. The van der Waals surface area contributed by atoms with Gasteiger partial charge in [0.25, 0.3) is 0 Å². The largest absolute Gasteiger partial charge is 0.510 e. The van der Waals surface area contributed by atoms with Crippen molar-refractivity contribution in [3.8, 4) is 22.8 Å². The molecule has 0 atom stereocenters. The van der Waals surface area contributed by atoms with E-state index in [9.17, 15) is 5.11 Å². The van der Waals surface area contributed by atoms with E-state index in [4.69, 9.17) is 19.9 Å². The molecule has 1 aromatic heterocycles. The Morgan fingerprint density at radius 2 is 1.78 bits per heavy atom. The standard InChI is InChI=1S/C25H27N3O3S/c1-5-30-21-10-9-18(12-22(21)31-6-2)28-13-20(29)23(24(28)26)25-27-19(14-32-25)17-8-7-15(3)16(4)11-17/h7-12,14,26,29H,5-6,13H2,1-4H3. The lowest BCUT2D eigenvalue weighted by Gasteiger charge is -2.20. The fourth-order valence-electron chi connectivity index (χ4n) is 3.65. The summed E-state index contributed by atoms with van der Waals surface area (Å²) in [5.74, 6) is 1.65. The minimum absolute atomic E-state index is 0.142. The average molecular weight is 450 g/mol. The van der Waals surface area contributed by atoms with Crippen molar-refractivity contribution in [1.82, 2.24) is 4.98 Å². The highest BCUT2D eigenvalue weighted by Crippen LogP contribution is 2.38. The summed E-state index contributed by atoms with van der Waals surface area (Å²) < 4.78 is 11.4. The van der Waals surface area contributed by atoms with E-state index in [0.29, 0.717) is 35.3 Å². The van der Waals surface area contributed by atoms with Gasteiger partial charge in [0.2, 0.25) is 0 Å². The van der Waals surface area contributed by atoms with E-state index in [1.807, 2.05) is 37.4 Å². The molecule has 2 N–H and O–H groups in total. The zero-order valence-electron chi connectivity index (χ0n) is 18.7. The average Bonchev–Trinajstić information content (AvgIpc) is 3.36. The van der Waals surface area contributed by atoms with Gasteiger partial charge in [-0.05, 0) is 57.0 Å². The van der Waals surface area contributed by atoms with Gasteiger partial charge in [-0.25, -0.2) is 4.98 Å². The van der Waals surface area contributed by atoms with Crippen molar-refractivity contribution in [2.24, 2.45) is 0 Å². The Labute approximate surface area is 192 Å². The predicted octanol–water partition coefficient (Wildman–Crippen LogP) is 5.99. The lowest BCUT2D eigenvalue weighted by Crippen LogP contribution is -2.26. The van der Waals surface area contributed by atoms with Crippen LogP contribution in [0.4, 0.5) is 5.69 Å². The van der Waals surface area contributed by atoms with E-state index in [0.717, 1.165) is 16.9 Å². The van der Waals surface area contributed by atoms with Crippen LogP contribution in [0.5, 0.6) is 11.5 Å². The van der Waals surface area contributed by atoms with Crippen LogP contribution >= 0.6 is 11.3 Å². The summed E-state index contributed by atoms with van der Waals surface area (Å²) in [5.41, 5.74) is 5.55. The molecule has 0 fully saturated rings. The smallest absolute Gasteiger partial charge is 0.163 e. The van der Waals surface area contributed by atoms with E-state index in [2.05, 4.69) is 32.0 Å². The number of aliphatic hydroxyl groups is 1. The molecular formula is C25H27N3O3S. The van der Waals surface area contributed by atoms with Crippen LogP contribution < -0.4 is 14.4 Å². The van der Waals surface area contributed by atoms with Crippen molar-refractivity contribution < 1.29 is 14.6 Å². The summed E-state index contributed by atoms with van der Waals surface area (Å²) >= 11 is 1.44. The maximum absolute atomic E-state index is 10.7. The second kappa shape index (κ2) is 9.04. The first-order valence-corrected chi connectivity index (χ1v) is 11.5. The maximum Gasteiger partial charge on any atom is 0.163 e. The van der Waals surface area contributed by atoms with Gasteiger partial charge in [0.1, 0.15) is 16.6 Å². The van der Waals surface area contributed by atoms with E-state index >= 15 is 0 Å². The third-order valence-electron chi connectivity index (χ3n) is 5.46. The number of benzene rings is 2. The number of hydrogen-bond acceptors (Lipinski definition) is 6. The first-order chi connectivity index (χ1) is 15.4. The molecule has 0 spiro atoms. The highest BCUT2D eigenvalue weighted by molar-refractivity contribution is 7.11. The van der Waals surface area contributed by atoms with Crippen molar-refractivity contribution in [3.63, 3.8) is 0 Å². The summed E-state index contributed by atoms with van der Waals surface area (Å²) in [6.07, 6.45) is 0. The number of aromatic nitrogens is 1. The summed E-state index contributed by atoms with van der Waals surface area (Å²) in [5, 5.41) is 22.1. The molecule has 0 amide bonds. The molecule has 4 rings (SSSR count). The predicted molar refractivity (Wildman–Crippen MR) is 130 cm³/mol. The second-order valence-corrected chi connectivity index (χ2v) is 8.45. The summed E-state index contributed by atoms with van der Waals surface area (Å²) in [6, 6.07) is 11.8. The first kappa shape index (κ1) is 21.9. The maximum atomic E-state index is 10.7. The Balaban J connectivity index is 1.61. The summed E-state index contributed by atoms with van der Waals surface area (Å²) in [7, 11) is 0. The van der Waals surface area contributed by atoms with Crippen LogP contribution in [0.2, 0.25) is 0 Å². The van der Waals surface area contributed by atoms with E-state index in [1.165, 1.54) is 22.5 Å². The third kappa shape index (κ3) is 4.08. The molecule has 0 saturated heterocycles. The number of thiazole rings is 1. The van der Waals surface area contributed by atoms with Gasteiger partial charge in [-0.2, -0.15) is 0 Å².